The van der Waals surface area contributed by atoms with Crippen LogP contribution >= 0.6 is 11.8 Å². The van der Waals surface area contributed by atoms with Gasteiger partial charge in [-0.1, -0.05) is 12.2 Å². The summed E-state index contributed by atoms with van der Waals surface area (Å²) in [7, 11) is 2.90. The first kappa shape index (κ1) is 20.6. The molecule has 27 heavy (non-hydrogen) atoms. The van der Waals surface area contributed by atoms with Crippen molar-refractivity contribution >= 4 is 11.8 Å². The number of nitriles is 1. The third-order valence-electron chi connectivity index (χ3n) is 3.54. The lowest BCUT2D eigenvalue weighted by Gasteiger charge is -2.15. The van der Waals surface area contributed by atoms with Crippen molar-refractivity contribution in [1.82, 2.24) is 4.98 Å². The van der Waals surface area contributed by atoms with Crippen molar-refractivity contribution < 1.29 is 22.6 Å². The van der Waals surface area contributed by atoms with Crippen molar-refractivity contribution in [2.24, 2.45) is 0 Å². The maximum Gasteiger partial charge on any atom is 0.417 e. The molecule has 0 spiro atoms. The van der Waals surface area contributed by atoms with E-state index < -0.39 is 17.3 Å². The molecule has 0 bridgehead atoms. The molecule has 0 saturated heterocycles. The van der Waals surface area contributed by atoms with Crippen molar-refractivity contribution in [2.45, 2.75) is 18.1 Å². The number of alkyl halides is 3. The van der Waals surface area contributed by atoms with Gasteiger partial charge in [0, 0.05) is 11.3 Å². The number of ether oxygens (including phenoxy) is 2. The van der Waals surface area contributed by atoms with Gasteiger partial charge in [0.15, 0.2) is 11.5 Å². The Morgan fingerprint density at radius 1 is 1.22 bits per heavy atom. The quantitative estimate of drug-likeness (QED) is 0.490. The van der Waals surface area contributed by atoms with Crippen LogP contribution in [0.3, 0.4) is 0 Å². The lowest BCUT2D eigenvalue weighted by atomic mass is 10.0. The van der Waals surface area contributed by atoms with Crippen LogP contribution < -0.4 is 9.47 Å². The Hall–Kier alpha value is -2.66. The maximum atomic E-state index is 13.5. The Balaban J connectivity index is 2.68. The molecule has 8 heteroatoms. The summed E-state index contributed by atoms with van der Waals surface area (Å²) < 4.78 is 50.9. The minimum Gasteiger partial charge on any atom is -0.493 e. The van der Waals surface area contributed by atoms with E-state index in [0.29, 0.717) is 22.8 Å². The summed E-state index contributed by atoms with van der Waals surface area (Å²) in [6, 6.07) is 7.23. The van der Waals surface area contributed by atoms with Crippen LogP contribution in [0.1, 0.15) is 18.1 Å². The molecule has 1 aromatic heterocycles. The van der Waals surface area contributed by atoms with Crippen LogP contribution in [0.4, 0.5) is 13.2 Å². The number of hydrogen-bond donors (Lipinski definition) is 0. The van der Waals surface area contributed by atoms with E-state index in [0.717, 1.165) is 23.4 Å². The molecule has 0 aliphatic rings. The van der Waals surface area contributed by atoms with Gasteiger partial charge in [0.25, 0.3) is 0 Å². The molecule has 4 nitrogen and oxygen atoms in total. The van der Waals surface area contributed by atoms with Gasteiger partial charge < -0.3 is 9.47 Å². The first-order valence-electron chi connectivity index (χ1n) is 7.73. The largest absolute Gasteiger partial charge is 0.493 e. The fourth-order valence-corrected chi connectivity index (χ4v) is 3.14. The van der Waals surface area contributed by atoms with Gasteiger partial charge in [-0.25, -0.2) is 4.98 Å². The number of nitrogens with zero attached hydrogens (tertiary/aromatic N) is 2. The number of aromatic nitrogens is 1. The molecule has 0 aliphatic carbocycles. The van der Waals surface area contributed by atoms with Crippen molar-refractivity contribution in [1.29, 1.82) is 5.26 Å². The molecule has 0 radical (unpaired) electrons. The van der Waals surface area contributed by atoms with Crippen LogP contribution in [0, 0.1) is 11.3 Å². The number of benzene rings is 1. The van der Waals surface area contributed by atoms with E-state index >= 15 is 0 Å². The predicted octanol–water partition coefficient (Wildman–Crippen LogP) is 5.32. The fraction of sp³-hybridized carbons (Fsp3) is 0.263. The van der Waals surface area contributed by atoms with E-state index in [4.69, 9.17) is 9.47 Å². The van der Waals surface area contributed by atoms with Crippen LogP contribution in [0.5, 0.6) is 11.5 Å². The normalized spacial score (nSPS) is 11.0. The third-order valence-corrected chi connectivity index (χ3v) is 4.74. The zero-order chi connectivity index (χ0) is 20.2. The van der Waals surface area contributed by atoms with E-state index in [1.807, 2.05) is 0 Å². The molecule has 0 saturated carbocycles. The summed E-state index contributed by atoms with van der Waals surface area (Å²) in [5.41, 5.74) is -0.242. The minimum absolute atomic E-state index is 0.0140. The van der Waals surface area contributed by atoms with E-state index in [9.17, 15) is 18.4 Å². The number of methoxy groups -OCH3 is 2. The van der Waals surface area contributed by atoms with Crippen molar-refractivity contribution in [3.8, 4) is 28.8 Å². The first-order valence-corrected chi connectivity index (χ1v) is 8.71. The SMILES string of the molecule is C=C(C)CSc1nc(-c2ccc(OC)c(OC)c2)cc(C(F)(F)F)c1C#N. The molecule has 142 valence electrons. The second-order valence-corrected chi connectivity index (χ2v) is 6.62. The highest BCUT2D eigenvalue weighted by Crippen LogP contribution is 2.39. The van der Waals surface area contributed by atoms with Gasteiger partial charge in [0.1, 0.15) is 11.1 Å². The lowest BCUT2D eigenvalue weighted by Crippen LogP contribution is -2.10. The summed E-state index contributed by atoms with van der Waals surface area (Å²) in [4.78, 5) is 4.29. The lowest BCUT2D eigenvalue weighted by molar-refractivity contribution is -0.138. The molecule has 1 heterocycles. The Morgan fingerprint density at radius 2 is 1.89 bits per heavy atom. The molecule has 0 atom stereocenters. The van der Waals surface area contributed by atoms with Crippen LogP contribution in [-0.4, -0.2) is 25.0 Å². The van der Waals surface area contributed by atoms with E-state index in [2.05, 4.69) is 11.6 Å². The van der Waals surface area contributed by atoms with Crippen LogP contribution in [-0.2, 0) is 6.18 Å². The van der Waals surface area contributed by atoms with Gasteiger partial charge in [0.2, 0.25) is 0 Å². The van der Waals surface area contributed by atoms with E-state index in [-0.39, 0.29) is 10.7 Å². The minimum atomic E-state index is -4.68. The van der Waals surface area contributed by atoms with E-state index in [1.54, 1.807) is 31.2 Å². The van der Waals surface area contributed by atoms with E-state index in [1.165, 1.54) is 14.2 Å². The molecular formula is C19H17F3N2O2S. The highest BCUT2D eigenvalue weighted by atomic mass is 32.2. The molecule has 2 rings (SSSR count). The summed E-state index contributed by atoms with van der Waals surface area (Å²) >= 11 is 1.05. The average molecular weight is 394 g/mol. The Bertz CT molecular complexity index is 905. The molecular weight excluding hydrogens is 377 g/mol. The molecule has 2 aromatic rings. The summed E-state index contributed by atoms with van der Waals surface area (Å²) in [5.74, 6) is 1.17. The van der Waals surface area contributed by atoms with Gasteiger partial charge in [-0.15, -0.1) is 11.8 Å². The predicted molar refractivity (Wildman–Crippen MR) is 98.0 cm³/mol. The topological polar surface area (TPSA) is 55.1 Å². The smallest absolute Gasteiger partial charge is 0.417 e. The number of rotatable bonds is 6. The number of hydrogen-bond acceptors (Lipinski definition) is 5. The first-order chi connectivity index (χ1) is 12.7. The Kier molecular flexibility index (Phi) is 6.39. The highest BCUT2D eigenvalue weighted by molar-refractivity contribution is 7.99. The number of pyridine rings is 1. The molecule has 1 aromatic carbocycles. The second-order valence-electron chi connectivity index (χ2n) is 5.66. The van der Waals surface area contributed by atoms with Crippen LogP contribution in [0.25, 0.3) is 11.3 Å². The number of halogens is 3. The molecule has 0 aliphatic heterocycles. The Labute approximate surface area is 159 Å². The third kappa shape index (κ3) is 4.74. The standard InChI is InChI=1S/C19H17F3N2O2S/c1-11(2)10-27-18-13(9-23)14(19(20,21)22)8-15(24-18)12-5-6-16(25-3)17(7-12)26-4/h5-8H,1,10H2,2-4H3. The van der Waals surface area contributed by atoms with Crippen molar-refractivity contribution in [3.05, 3.63) is 47.5 Å². The molecule has 0 amide bonds. The monoisotopic (exact) mass is 394 g/mol. The maximum absolute atomic E-state index is 13.5. The second kappa shape index (κ2) is 8.35. The average Bonchev–Trinajstić information content (AvgIpc) is 2.64. The zero-order valence-electron chi connectivity index (χ0n) is 15.0. The van der Waals surface area contributed by atoms with Crippen molar-refractivity contribution in [2.75, 3.05) is 20.0 Å². The number of thioether (sulfide) groups is 1. The Morgan fingerprint density at radius 3 is 2.41 bits per heavy atom. The van der Waals surface area contributed by atoms with Gasteiger partial charge >= 0.3 is 6.18 Å². The van der Waals surface area contributed by atoms with Gasteiger partial charge in [-0.2, -0.15) is 18.4 Å². The molecule has 0 fully saturated rings. The highest BCUT2D eigenvalue weighted by Gasteiger charge is 2.36. The van der Waals surface area contributed by atoms with Gasteiger partial charge in [-0.3, -0.25) is 0 Å². The summed E-state index contributed by atoms with van der Waals surface area (Å²) in [5, 5.41) is 9.29. The molecule has 0 N–H and O–H groups in total. The van der Waals surface area contributed by atoms with Crippen molar-refractivity contribution in [3.63, 3.8) is 0 Å². The van der Waals surface area contributed by atoms with Gasteiger partial charge in [-0.05, 0) is 31.2 Å². The zero-order valence-corrected chi connectivity index (χ0v) is 15.8. The van der Waals surface area contributed by atoms with Crippen LogP contribution in [0.15, 0.2) is 41.4 Å². The van der Waals surface area contributed by atoms with Gasteiger partial charge in [0.05, 0.1) is 31.0 Å². The fourth-order valence-electron chi connectivity index (χ4n) is 2.29. The van der Waals surface area contributed by atoms with Crippen LogP contribution in [0.2, 0.25) is 0 Å². The summed E-state index contributed by atoms with van der Waals surface area (Å²) in [6.07, 6.45) is -4.68. The molecule has 0 unspecified atom stereocenters. The summed E-state index contributed by atoms with van der Waals surface area (Å²) in [6.45, 7) is 5.49.